The Morgan fingerprint density at radius 3 is 2.41 bits per heavy atom. The molecule has 4 rings (SSSR count). The van der Waals surface area contributed by atoms with Crippen LogP contribution in [0.5, 0.6) is 5.75 Å². The summed E-state index contributed by atoms with van der Waals surface area (Å²) in [5.74, 6) is 1.44. The number of benzene rings is 3. The molecule has 0 saturated carbocycles. The van der Waals surface area contributed by atoms with Gasteiger partial charge in [0.15, 0.2) is 11.0 Å². The van der Waals surface area contributed by atoms with Crippen LogP contribution in [0, 0.1) is 20.8 Å². The van der Waals surface area contributed by atoms with Crippen molar-refractivity contribution in [3.63, 3.8) is 0 Å². The topological polar surface area (TPSA) is 69.0 Å². The van der Waals surface area contributed by atoms with Crippen molar-refractivity contribution >= 4 is 35.0 Å². The largest absolute Gasteiger partial charge is 0.486 e. The summed E-state index contributed by atoms with van der Waals surface area (Å²) in [6.07, 6.45) is 0. The highest BCUT2D eigenvalue weighted by molar-refractivity contribution is 7.99. The molecule has 0 fully saturated rings. The molecule has 1 N–H and O–H groups in total. The zero-order chi connectivity index (χ0) is 24.1. The average Bonchev–Trinajstić information content (AvgIpc) is 3.24. The van der Waals surface area contributed by atoms with Crippen LogP contribution in [0.1, 0.15) is 22.5 Å². The van der Waals surface area contributed by atoms with E-state index in [1.807, 2.05) is 92.1 Å². The van der Waals surface area contributed by atoms with Crippen LogP contribution >= 0.6 is 23.4 Å². The minimum Gasteiger partial charge on any atom is -0.486 e. The number of carbonyl (C=O) groups excluding carboxylic acids is 1. The van der Waals surface area contributed by atoms with Gasteiger partial charge in [0, 0.05) is 16.4 Å². The quantitative estimate of drug-likeness (QED) is 0.298. The van der Waals surface area contributed by atoms with Crippen LogP contribution in [0.2, 0.25) is 5.02 Å². The number of rotatable bonds is 8. The standard InChI is InChI=1S/C26H25ClN4O2S/c1-17-8-7-9-18(2)25(17)28-24(32)16-34-26-30-29-23(31(26)20-10-5-4-6-11-20)15-33-21-12-13-22(27)19(3)14-21/h4-14H,15-16H2,1-3H3,(H,28,32). The number of aromatic nitrogens is 3. The smallest absolute Gasteiger partial charge is 0.234 e. The van der Waals surface area contributed by atoms with E-state index < -0.39 is 0 Å². The number of thioether (sulfide) groups is 1. The van der Waals surface area contributed by atoms with Crippen molar-refractivity contribution in [1.82, 2.24) is 14.8 Å². The van der Waals surface area contributed by atoms with Crippen LogP contribution in [0.25, 0.3) is 5.69 Å². The second-order valence-corrected chi connectivity index (χ2v) is 9.22. The van der Waals surface area contributed by atoms with Crippen molar-refractivity contribution in [2.24, 2.45) is 0 Å². The van der Waals surface area contributed by atoms with Crippen molar-refractivity contribution in [3.05, 3.63) is 94.3 Å². The summed E-state index contributed by atoms with van der Waals surface area (Å²) in [5.41, 5.74) is 4.75. The molecule has 0 radical (unpaired) electrons. The Hall–Kier alpha value is -3.29. The number of hydrogen-bond acceptors (Lipinski definition) is 5. The number of ether oxygens (including phenoxy) is 1. The zero-order valence-electron chi connectivity index (χ0n) is 19.2. The summed E-state index contributed by atoms with van der Waals surface area (Å²) in [7, 11) is 0. The second-order valence-electron chi connectivity index (χ2n) is 7.87. The summed E-state index contributed by atoms with van der Waals surface area (Å²) in [4.78, 5) is 12.7. The molecular formula is C26H25ClN4O2S. The second kappa shape index (κ2) is 10.8. The number of nitrogens with one attached hydrogen (secondary N) is 1. The van der Waals surface area contributed by atoms with E-state index in [1.54, 1.807) is 0 Å². The third kappa shape index (κ3) is 5.61. The summed E-state index contributed by atoms with van der Waals surface area (Å²) < 4.78 is 7.88. The van der Waals surface area contributed by atoms with Gasteiger partial charge in [0.1, 0.15) is 12.4 Å². The maximum atomic E-state index is 12.7. The third-order valence-corrected chi connectivity index (χ3v) is 6.64. The zero-order valence-corrected chi connectivity index (χ0v) is 20.8. The average molecular weight is 493 g/mol. The van der Waals surface area contributed by atoms with Crippen molar-refractivity contribution in [2.45, 2.75) is 32.5 Å². The summed E-state index contributed by atoms with van der Waals surface area (Å²) in [6.45, 7) is 6.12. The Bertz CT molecular complexity index is 1290. The van der Waals surface area contributed by atoms with Gasteiger partial charge in [-0.25, -0.2) is 0 Å². The van der Waals surface area contributed by atoms with Crippen molar-refractivity contribution in [2.75, 3.05) is 11.1 Å². The van der Waals surface area contributed by atoms with Gasteiger partial charge in [0.05, 0.1) is 5.75 Å². The molecule has 0 atom stereocenters. The van der Waals surface area contributed by atoms with E-state index in [0.29, 0.717) is 21.8 Å². The van der Waals surface area contributed by atoms with Gasteiger partial charge in [0.2, 0.25) is 5.91 Å². The Morgan fingerprint density at radius 2 is 1.71 bits per heavy atom. The highest BCUT2D eigenvalue weighted by Gasteiger charge is 2.17. The fraction of sp³-hybridized carbons (Fsp3) is 0.192. The van der Waals surface area contributed by atoms with E-state index >= 15 is 0 Å². The van der Waals surface area contributed by atoms with Crippen molar-refractivity contribution < 1.29 is 9.53 Å². The van der Waals surface area contributed by atoms with Crippen molar-refractivity contribution in [1.29, 1.82) is 0 Å². The molecule has 0 saturated heterocycles. The first-order chi connectivity index (χ1) is 16.4. The van der Waals surface area contributed by atoms with Crippen LogP contribution in [0.3, 0.4) is 0 Å². The number of amides is 1. The van der Waals surface area contributed by atoms with Gasteiger partial charge >= 0.3 is 0 Å². The normalized spacial score (nSPS) is 10.8. The maximum Gasteiger partial charge on any atom is 0.234 e. The molecule has 1 aromatic heterocycles. The van der Waals surface area contributed by atoms with E-state index in [0.717, 1.165) is 28.1 Å². The highest BCUT2D eigenvalue weighted by atomic mass is 35.5. The van der Waals surface area contributed by atoms with Gasteiger partial charge in [-0.15, -0.1) is 10.2 Å². The lowest BCUT2D eigenvalue weighted by Gasteiger charge is -2.13. The Morgan fingerprint density at radius 1 is 0.971 bits per heavy atom. The lowest BCUT2D eigenvalue weighted by Crippen LogP contribution is -2.16. The van der Waals surface area contributed by atoms with Gasteiger partial charge in [0.25, 0.3) is 0 Å². The maximum absolute atomic E-state index is 12.7. The minimum atomic E-state index is -0.0977. The molecule has 0 unspecified atom stereocenters. The predicted molar refractivity (Wildman–Crippen MR) is 137 cm³/mol. The number of halogens is 1. The first-order valence-corrected chi connectivity index (χ1v) is 12.2. The molecule has 0 spiro atoms. The molecule has 174 valence electrons. The van der Waals surface area contributed by atoms with E-state index in [1.165, 1.54) is 11.8 Å². The molecule has 3 aromatic carbocycles. The molecule has 4 aromatic rings. The first-order valence-electron chi connectivity index (χ1n) is 10.8. The lowest BCUT2D eigenvalue weighted by atomic mass is 10.1. The third-order valence-electron chi connectivity index (χ3n) is 5.29. The fourth-order valence-corrected chi connectivity index (χ4v) is 4.38. The molecular weight excluding hydrogens is 468 g/mol. The van der Waals surface area contributed by atoms with E-state index in [-0.39, 0.29) is 18.3 Å². The predicted octanol–water partition coefficient (Wildman–Crippen LogP) is 6.16. The molecule has 1 amide bonds. The van der Waals surface area contributed by atoms with Crippen LogP contribution in [-0.2, 0) is 11.4 Å². The number of aryl methyl sites for hydroxylation is 3. The number of anilines is 1. The number of carbonyl (C=O) groups is 1. The Kier molecular flexibility index (Phi) is 7.55. The fourth-order valence-electron chi connectivity index (χ4n) is 3.50. The van der Waals surface area contributed by atoms with Gasteiger partial charge in [-0.3, -0.25) is 9.36 Å². The van der Waals surface area contributed by atoms with Crippen LogP contribution in [-0.4, -0.2) is 26.4 Å². The van der Waals surface area contributed by atoms with E-state index in [4.69, 9.17) is 16.3 Å². The van der Waals surface area contributed by atoms with Gasteiger partial charge in [-0.1, -0.05) is 59.8 Å². The number of nitrogens with zero attached hydrogens (tertiary/aromatic N) is 3. The number of hydrogen-bond donors (Lipinski definition) is 1. The molecule has 0 aliphatic heterocycles. The molecule has 34 heavy (non-hydrogen) atoms. The molecule has 1 heterocycles. The van der Waals surface area contributed by atoms with E-state index in [9.17, 15) is 4.79 Å². The van der Waals surface area contributed by atoms with Crippen LogP contribution < -0.4 is 10.1 Å². The molecule has 0 aliphatic carbocycles. The van der Waals surface area contributed by atoms with Crippen LogP contribution in [0.15, 0.2) is 71.9 Å². The van der Waals surface area contributed by atoms with Gasteiger partial charge in [-0.05, 0) is 67.8 Å². The Labute approximate surface area is 208 Å². The summed E-state index contributed by atoms with van der Waals surface area (Å²) in [6, 6.07) is 21.3. The van der Waals surface area contributed by atoms with Gasteiger partial charge in [-0.2, -0.15) is 0 Å². The number of para-hydroxylation sites is 2. The molecule has 0 bridgehead atoms. The lowest BCUT2D eigenvalue weighted by molar-refractivity contribution is -0.113. The van der Waals surface area contributed by atoms with E-state index in [2.05, 4.69) is 15.5 Å². The molecule has 6 nitrogen and oxygen atoms in total. The molecule has 0 aliphatic rings. The summed E-state index contributed by atoms with van der Waals surface area (Å²) >= 11 is 7.45. The van der Waals surface area contributed by atoms with Crippen LogP contribution in [0.4, 0.5) is 5.69 Å². The Balaban J connectivity index is 1.51. The highest BCUT2D eigenvalue weighted by Crippen LogP contribution is 2.26. The first kappa shape index (κ1) is 23.9. The SMILES string of the molecule is Cc1cc(OCc2nnc(SCC(=O)Nc3c(C)cccc3C)n2-c2ccccc2)ccc1Cl. The monoisotopic (exact) mass is 492 g/mol. The van der Waals surface area contributed by atoms with Crippen molar-refractivity contribution in [3.8, 4) is 11.4 Å². The van der Waals surface area contributed by atoms with Gasteiger partial charge < -0.3 is 10.1 Å². The molecule has 8 heteroatoms. The summed E-state index contributed by atoms with van der Waals surface area (Å²) in [5, 5.41) is 13.0. The minimum absolute atomic E-state index is 0.0977.